The van der Waals surface area contributed by atoms with Gasteiger partial charge in [0.15, 0.2) is 0 Å². The first-order chi connectivity index (χ1) is 11.1. The Balaban J connectivity index is 2.34. The molecule has 122 valence electrons. The van der Waals surface area contributed by atoms with E-state index in [1.54, 1.807) is 27.5 Å². The molecule has 0 aliphatic carbocycles. The third-order valence-corrected chi connectivity index (χ3v) is 3.66. The molecule has 0 unspecified atom stereocenters. The Hall–Kier alpha value is -2.49. The fraction of sp³-hybridized carbons (Fsp3) is 0.316. The number of rotatable bonds is 6. The van der Waals surface area contributed by atoms with Crippen molar-refractivity contribution in [2.75, 3.05) is 21.3 Å². The normalized spacial score (nSPS) is 11.0. The molecule has 4 heteroatoms. The van der Waals surface area contributed by atoms with Crippen molar-refractivity contribution < 1.29 is 14.2 Å². The van der Waals surface area contributed by atoms with Crippen LogP contribution in [0, 0.1) is 0 Å². The first kappa shape index (κ1) is 16.9. The highest BCUT2D eigenvalue weighted by molar-refractivity contribution is 5.89. The van der Waals surface area contributed by atoms with E-state index in [-0.39, 0.29) is 0 Å². The van der Waals surface area contributed by atoms with E-state index >= 15 is 0 Å². The van der Waals surface area contributed by atoms with E-state index < -0.39 is 0 Å². The molecule has 4 nitrogen and oxygen atoms in total. The summed E-state index contributed by atoms with van der Waals surface area (Å²) in [6, 6.07) is 11.8. The number of aliphatic imine (C=N–C) groups is 1. The van der Waals surface area contributed by atoms with Crippen LogP contribution in [-0.2, 0) is 0 Å². The average Bonchev–Trinajstić information content (AvgIpc) is 2.59. The van der Waals surface area contributed by atoms with Crippen LogP contribution in [0.25, 0.3) is 0 Å². The van der Waals surface area contributed by atoms with E-state index in [0.717, 1.165) is 11.3 Å². The molecular formula is C19H23NO3. The van der Waals surface area contributed by atoms with Crippen molar-refractivity contribution in [3.63, 3.8) is 0 Å². The molecule has 0 fully saturated rings. The van der Waals surface area contributed by atoms with Crippen LogP contribution in [0.1, 0.15) is 30.9 Å². The molecule has 0 aliphatic rings. The van der Waals surface area contributed by atoms with Crippen LogP contribution in [0.5, 0.6) is 17.2 Å². The Kier molecular flexibility index (Phi) is 5.63. The second-order valence-corrected chi connectivity index (χ2v) is 5.45. The van der Waals surface area contributed by atoms with Crippen LogP contribution in [0.4, 0.5) is 5.69 Å². The Labute approximate surface area is 137 Å². The molecule has 0 heterocycles. The maximum Gasteiger partial charge on any atom is 0.135 e. The number of hydrogen-bond acceptors (Lipinski definition) is 4. The zero-order valence-corrected chi connectivity index (χ0v) is 14.3. The lowest BCUT2D eigenvalue weighted by molar-refractivity contribution is 0.374. The van der Waals surface area contributed by atoms with Gasteiger partial charge in [0.2, 0.25) is 0 Å². The standard InChI is InChI=1S/C19H23NO3/c1-13(2)14-6-8-15(9-7-14)20-12-17-18(22-4)10-16(21-3)11-19(17)23-5/h6-13H,1-5H3. The van der Waals surface area contributed by atoms with E-state index in [1.165, 1.54) is 5.56 Å². The van der Waals surface area contributed by atoms with Crippen molar-refractivity contribution in [3.05, 3.63) is 47.5 Å². The van der Waals surface area contributed by atoms with Crippen LogP contribution in [-0.4, -0.2) is 27.5 Å². The summed E-state index contributed by atoms with van der Waals surface area (Å²) in [4.78, 5) is 4.52. The quantitative estimate of drug-likeness (QED) is 0.732. The molecular weight excluding hydrogens is 290 g/mol. The predicted octanol–water partition coefficient (Wildman–Crippen LogP) is 4.59. The van der Waals surface area contributed by atoms with Crippen LogP contribution in [0.3, 0.4) is 0 Å². The van der Waals surface area contributed by atoms with E-state index in [2.05, 4.69) is 31.0 Å². The lowest BCUT2D eigenvalue weighted by Gasteiger charge is -2.12. The lowest BCUT2D eigenvalue weighted by Crippen LogP contribution is -1.97. The molecule has 0 aromatic heterocycles. The average molecular weight is 313 g/mol. The molecule has 0 saturated heterocycles. The van der Waals surface area contributed by atoms with E-state index in [9.17, 15) is 0 Å². The maximum atomic E-state index is 5.42. The Morgan fingerprint density at radius 1 is 0.870 bits per heavy atom. The lowest BCUT2D eigenvalue weighted by atomic mass is 10.0. The summed E-state index contributed by atoms with van der Waals surface area (Å²) < 4.78 is 16.1. The summed E-state index contributed by atoms with van der Waals surface area (Å²) in [5, 5.41) is 0. The minimum Gasteiger partial charge on any atom is -0.496 e. The fourth-order valence-electron chi connectivity index (χ4n) is 2.24. The van der Waals surface area contributed by atoms with Gasteiger partial charge in [0, 0.05) is 18.3 Å². The van der Waals surface area contributed by atoms with Crippen LogP contribution >= 0.6 is 0 Å². The summed E-state index contributed by atoms with van der Waals surface area (Å²) in [6.45, 7) is 4.34. The third-order valence-electron chi connectivity index (χ3n) is 3.66. The van der Waals surface area contributed by atoms with Gasteiger partial charge in [-0.1, -0.05) is 26.0 Å². The van der Waals surface area contributed by atoms with Gasteiger partial charge in [-0.05, 0) is 23.6 Å². The van der Waals surface area contributed by atoms with Crippen molar-refractivity contribution >= 4 is 11.9 Å². The summed E-state index contributed by atoms with van der Waals surface area (Å²) in [6.07, 6.45) is 1.75. The summed E-state index contributed by atoms with van der Waals surface area (Å²) >= 11 is 0. The van der Waals surface area contributed by atoms with Crippen LogP contribution in [0.15, 0.2) is 41.4 Å². The Morgan fingerprint density at radius 3 is 1.87 bits per heavy atom. The van der Waals surface area contributed by atoms with Crippen molar-refractivity contribution in [3.8, 4) is 17.2 Å². The minimum absolute atomic E-state index is 0.509. The first-order valence-corrected chi connectivity index (χ1v) is 7.53. The second-order valence-electron chi connectivity index (χ2n) is 5.45. The van der Waals surface area contributed by atoms with Crippen molar-refractivity contribution in [2.45, 2.75) is 19.8 Å². The smallest absolute Gasteiger partial charge is 0.135 e. The molecule has 23 heavy (non-hydrogen) atoms. The molecule has 0 saturated carbocycles. The number of ether oxygens (including phenoxy) is 3. The number of benzene rings is 2. The second kappa shape index (κ2) is 7.68. The van der Waals surface area contributed by atoms with Gasteiger partial charge < -0.3 is 14.2 Å². The number of hydrogen-bond donors (Lipinski definition) is 0. The molecule has 2 rings (SSSR count). The number of nitrogens with zero attached hydrogens (tertiary/aromatic N) is 1. The van der Waals surface area contributed by atoms with Gasteiger partial charge in [0.1, 0.15) is 17.2 Å². The van der Waals surface area contributed by atoms with Crippen molar-refractivity contribution in [2.24, 2.45) is 4.99 Å². The highest BCUT2D eigenvalue weighted by Gasteiger charge is 2.11. The predicted molar refractivity (Wildman–Crippen MR) is 93.9 cm³/mol. The minimum atomic E-state index is 0.509. The summed E-state index contributed by atoms with van der Waals surface area (Å²) in [5.41, 5.74) is 2.96. The highest BCUT2D eigenvalue weighted by Crippen LogP contribution is 2.33. The van der Waals surface area contributed by atoms with Gasteiger partial charge in [0.05, 0.1) is 32.6 Å². The van der Waals surface area contributed by atoms with E-state index in [0.29, 0.717) is 23.2 Å². The SMILES string of the molecule is COc1cc(OC)c(C=Nc2ccc(C(C)C)cc2)c(OC)c1. The third kappa shape index (κ3) is 4.03. The molecule has 0 N–H and O–H groups in total. The van der Waals surface area contributed by atoms with E-state index in [1.807, 2.05) is 24.3 Å². The maximum absolute atomic E-state index is 5.42. The Morgan fingerprint density at radius 2 is 1.43 bits per heavy atom. The zero-order chi connectivity index (χ0) is 16.8. The molecule has 0 bridgehead atoms. The monoisotopic (exact) mass is 313 g/mol. The van der Waals surface area contributed by atoms with Gasteiger partial charge in [0.25, 0.3) is 0 Å². The topological polar surface area (TPSA) is 40.0 Å². The van der Waals surface area contributed by atoms with E-state index in [4.69, 9.17) is 14.2 Å². The van der Waals surface area contributed by atoms with Gasteiger partial charge >= 0.3 is 0 Å². The van der Waals surface area contributed by atoms with Gasteiger partial charge in [-0.2, -0.15) is 0 Å². The summed E-state index contributed by atoms with van der Waals surface area (Å²) in [5.74, 6) is 2.50. The molecule has 0 radical (unpaired) electrons. The van der Waals surface area contributed by atoms with Gasteiger partial charge in [-0.15, -0.1) is 0 Å². The van der Waals surface area contributed by atoms with Crippen molar-refractivity contribution in [1.29, 1.82) is 0 Å². The van der Waals surface area contributed by atoms with Crippen LogP contribution in [0.2, 0.25) is 0 Å². The largest absolute Gasteiger partial charge is 0.496 e. The number of methoxy groups -OCH3 is 3. The van der Waals surface area contributed by atoms with Crippen LogP contribution < -0.4 is 14.2 Å². The molecule has 0 aliphatic heterocycles. The molecule has 2 aromatic rings. The molecule has 0 amide bonds. The summed E-state index contributed by atoms with van der Waals surface area (Å²) in [7, 11) is 4.84. The molecule has 2 aromatic carbocycles. The highest BCUT2D eigenvalue weighted by atomic mass is 16.5. The Bertz CT molecular complexity index is 651. The fourth-order valence-corrected chi connectivity index (χ4v) is 2.24. The first-order valence-electron chi connectivity index (χ1n) is 7.53. The van der Waals surface area contributed by atoms with Crippen molar-refractivity contribution in [1.82, 2.24) is 0 Å². The van der Waals surface area contributed by atoms with Gasteiger partial charge in [-0.3, -0.25) is 4.99 Å². The molecule has 0 spiro atoms. The van der Waals surface area contributed by atoms with Gasteiger partial charge in [-0.25, -0.2) is 0 Å². The molecule has 0 atom stereocenters. The zero-order valence-electron chi connectivity index (χ0n) is 14.3.